The summed E-state index contributed by atoms with van der Waals surface area (Å²) < 4.78 is 33.8. The summed E-state index contributed by atoms with van der Waals surface area (Å²) in [7, 11) is -3.82. The van der Waals surface area contributed by atoms with Gasteiger partial charge in [-0.15, -0.1) is 0 Å². The van der Waals surface area contributed by atoms with Crippen LogP contribution >= 0.6 is 0 Å². The molecule has 0 aliphatic carbocycles. The van der Waals surface area contributed by atoms with E-state index in [0.717, 1.165) is 28.8 Å². The Bertz CT molecular complexity index is 1320. The fraction of sp³-hybridized carbons (Fsp3) is 0.333. The molecule has 1 aliphatic rings. The van der Waals surface area contributed by atoms with E-state index in [-0.39, 0.29) is 35.6 Å². The van der Waals surface area contributed by atoms with E-state index in [4.69, 9.17) is 4.52 Å². The predicted octanol–water partition coefficient (Wildman–Crippen LogP) is 5.06. The van der Waals surface area contributed by atoms with Gasteiger partial charge < -0.3 is 9.84 Å². The van der Waals surface area contributed by atoms with Crippen LogP contribution in [0, 0.1) is 19.8 Å². The van der Waals surface area contributed by atoms with Gasteiger partial charge in [0.15, 0.2) is 10.7 Å². The first kappa shape index (κ1) is 24.9. The average Bonchev–Trinajstić information content (AvgIpc) is 3.25. The second-order valence-electron chi connectivity index (χ2n) is 8.88. The molecule has 0 spiro atoms. The number of benzene rings is 2. The Balaban J connectivity index is 1.45. The maximum atomic E-state index is 13.5. The van der Waals surface area contributed by atoms with Crippen molar-refractivity contribution in [1.82, 2.24) is 9.46 Å². The largest absolute Gasteiger partial charge is 0.355 e. The van der Waals surface area contributed by atoms with Crippen molar-refractivity contribution in [1.29, 1.82) is 0 Å². The molecule has 3 aromatic rings. The van der Waals surface area contributed by atoms with Gasteiger partial charge in [-0.1, -0.05) is 66.2 Å². The second kappa shape index (κ2) is 10.6. The third-order valence-corrected chi connectivity index (χ3v) is 8.47. The first-order valence-corrected chi connectivity index (χ1v) is 13.3. The van der Waals surface area contributed by atoms with E-state index in [1.807, 2.05) is 68.5 Å². The quantitative estimate of drug-likeness (QED) is 0.496. The lowest BCUT2D eigenvalue weighted by molar-refractivity contribution is -0.120. The number of aryl methyl sites for hydroxylation is 3. The van der Waals surface area contributed by atoms with Gasteiger partial charge in [-0.3, -0.25) is 4.79 Å². The number of hydrogen-bond acceptors (Lipinski definition) is 5. The Morgan fingerprint density at radius 3 is 2.46 bits per heavy atom. The predicted molar refractivity (Wildman–Crippen MR) is 137 cm³/mol. The lowest BCUT2D eigenvalue weighted by Gasteiger charge is -2.30. The highest BCUT2D eigenvalue weighted by Gasteiger charge is 2.36. The second-order valence-corrected chi connectivity index (χ2v) is 10.8. The molecular formula is C27H31N3O4S. The van der Waals surface area contributed by atoms with Gasteiger partial charge in [-0.05, 0) is 56.4 Å². The normalized spacial score (nSPS) is 15.5. The number of sulfonamides is 1. The highest BCUT2D eigenvalue weighted by molar-refractivity contribution is 7.89. The molecule has 4 rings (SSSR count). The number of hydrogen-bond donors (Lipinski definition) is 1. The molecule has 1 saturated heterocycles. The standard InChI is InChI=1S/C27H31N3O4S/c1-4-22-7-5-6-8-24(22)28-27(31)23-15-17-30(18-16-23)35(32,33)26-20(3)29-34-25(26)14-13-21-11-9-19(2)10-12-21/h5-14,23H,4,15-18H2,1-3H3,(H,28,31). The fourth-order valence-corrected chi connectivity index (χ4v) is 6.04. The minimum Gasteiger partial charge on any atom is -0.355 e. The van der Waals surface area contributed by atoms with E-state index in [1.165, 1.54) is 4.31 Å². The van der Waals surface area contributed by atoms with Gasteiger partial charge in [0.25, 0.3) is 0 Å². The molecule has 7 nitrogen and oxygen atoms in total. The zero-order valence-corrected chi connectivity index (χ0v) is 21.1. The molecule has 1 amide bonds. The smallest absolute Gasteiger partial charge is 0.248 e. The van der Waals surface area contributed by atoms with Crippen LogP contribution in [0.3, 0.4) is 0 Å². The number of nitrogens with one attached hydrogen (secondary N) is 1. The van der Waals surface area contributed by atoms with E-state index in [9.17, 15) is 13.2 Å². The molecule has 2 heterocycles. The summed E-state index contributed by atoms with van der Waals surface area (Å²) >= 11 is 0. The van der Waals surface area contributed by atoms with Gasteiger partial charge in [0.1, 0.15) is 5.69 Å². The van der Waals surface area contributed by atoms with E-state index in [0.29, 0.717) is 18.5 Å². The summed E-state index contributed by atoms with van der Waals surface area (Å²) in [6.07, 6.45) is 5.19. The summed E-state index contributed by atoms with van der Waals surface area (Å²) in [5.74, 6) is -0.0965. The molecule has 8 heteroatoms. The number of carbonyl (C=O) groups excluding carboxylic acids is 1. The third-order valence-electron chi connectivity index (χ3n) is 6.42. The van der Waals surface area contributed by atoms with E-state index < -0.39 is 10.0 Å². The van der Waals surface area contributed by atoms with Crippen LogP contribution < -0.4 is 5.32 Å². The molecule has 1 fully saturated rings. The Hall–Kier alpha value is -3.23. The fourth-order valence-electron chi connectivity index (χ4n) is 4.32. The first-order valence-electron chi connectivity index (χ1n) is 11.9. The van der Waals surface area contributed by atoms with Gasteiger partial charge >= 0.3 is 0 Å². The maximum absolute atomic E-state index is 13.5. The molecule has 184 valence electrons. The van der Waals surface area contributed by atoms with Crippen LogP contribution in [-0.4, -0.2) is 36.9 Å². The number of carbonyl (C=O) groups is 1. The Morgan fingerprint density at radius 1 is 1.09 bits per heavy atom. The van der Waals surface area contributed by atoms with E-state index in [1.54, 1.807) is 13.0 Å². The Labute approximate surface area is 206 Å². The van der Waals surface area contributed by atoms with Crippen molar-refractivity contribution in [2.75, 3.05) is 18.4 Å². The third kappa shape index (κ3) is 5.55. The highest BCUT2D eigenvalue weighted by Crippen LogP contribution is 2.30. The number of piperidine rings is 1. The first-order chi connectivity index (χ1) is 16.8. The van der Waals surface area contributed by atoms with E-state index >= 15 is 0 Å². The van der Waals surface area contributed by atoms with Crippen LogP contribution in [-0.2, 0) is 21.2 Å². The molecule has 1 aliphatic heterocycles. The molecule has 35 heavy (non-hydrogen) atoms. The van der Waals surface area contributed by atoms with E-state index in [2.05, 4.69) is 10.5 Å². The number of amides is 1. The van der Waals surface area contributed by atoms with Crippen molar-refractivity contribution in [3.05, 3.63) is 76.7 Å². The van der Waals surface area contributed by atoms with Crippen molar-refractivity contribution >= 4 is 33.8 Å². The topological polar surface area (TPSA) is 92.5 Å². The van der Waals surface area contributed by atoms with Gasteiger partial charge in [-0.2, -0.15) is 4.31 Å². The zero-order chi connectivity index (χ0) is 25.0. The summed E-state index contributed by atoms with van der Waals surface area (Å²) in [6, 6.07) is 15.6. The number of aromatic nitrogens is 1. The zero-order valence-electron chi connectivity index (χ0n) is 20.3. The van der Waals surface area contributed by atoms with Crippen molar-refractivity contribution in [3.8, 4) is 0 Å². The molecular weight excluding hydrogens is 462 g/mol. The van der Waals surface area contributed by atoms with Gasteiger partial charge in [-0.25, -0.2) is 8.42 Å². The monoisotopic (exact) mass is 493 g/mol. The molecule has 0 atom stereocenters. The number of para-hydroxylation sites is 1. The van der Waals surface area contributed by atoms with Crippen molar-refractivity contribution in [3.63, 3.8) is 0 Å². The lowest BCUT2D eigenvalue weighted by Crippen LogP contribution is -2.41. The van der Waals surface area contributed by atoms with Crippen molar-refractivity contribution < 1.29 is 17.7 Å². The molecule has 1 N–H and O–H groups in total. The highest BCUT2D eigenvalue weighted by atomic mass is 32.2. The Kier molecular flexibility index (Phi) is 7.52. The lowest BCUT2D eigenvalue weighted by atomic mass is 9.97. The molecule has 0 radical (unpaired) electrons. The number of anilines is 1. The maximum Gasteiger partial charge on any atom is 0.248 e. The molecule has 0 unspecified atom stereocenters. The summed E-state index contributed by atoms with van der Waals surface area (Å²) in [5.41, 5.74) is 4.30. The van der Waals surface area contributed by atoms with Gasteiger partial charge in [0, 0.05) is 24.7 Å². The average molecular weight is 494 g/mol. The van der Waals surface area contributed by atoms with Crippen LogP contribution in [0.5, 0.6) is 0 Å². The van der Waals surface area contributed by atoms with Crippen LogP contribution in [0.4, 0.5) is 5.69 Å². The number of rotatable bonds is 7. The molecule has 0 bridgehead atoms. The number of nitrogens with zero attached hydrogens (tertiary/aromatic N) is 2. The molecule has 2 aromatic carbocycles. The van der Waals surface area contributed by atoms with Gasteiger partial charge in [0.05, 0.1) is 0 Å². The molecule has 0 saturated carbocycles. The molecule has 1 aromatic heterocycles. The van der Waals surface area contributed by atoms with Crippen molar-refractivity contribution in [2.24, 2.45) is 5.92 Å². The Morgan fingerprint density at radius 2 is 1.77 bits per heavy atom. The summed E-state index contributed by atoms with van der Waals surface area (Å²) in [6.45, 7) is 6.22. The minimum absolute atomic E-state index is 0.0640. The minimum atomic E-state index is -3.82. The van der Waals surface area contributed by atoms with Gasteiger partial charge in [0.2, 0.25) is 15.9 Å². The SMILES string of the molecule is CCc1ccccc1NC(=O)C1CCN(S(=O)(=O)c2c(C)noc2C=Cc2ccc(C)cc2)CC1. The van der Waals surface area contributed by atoms with Crippen LogP contribution in [0.15, 0.2) is 57.9 Å². The van der Waals surface area contributed by atoms with Crippen molar-refractivity contribution in [2.45, 2.75) is 44.9 Å². The summed E-state index contributed by atoms with van der Waals surface area (Å²) in [5, 5.41) is 6.94. The summed E-state index contributed by atoms with van der Waals surface area (Å²) in [4.78, 5) is 12.9. The van der Waals surface area contributed by atoms with Crippen LogP contribution in [0.1, 0.15) is 47.9 Å². The van der Waals surface area contributed by atoms with Crippen LogP contribution in [0.2, 0.25) is 0 Å². The van der Waals surface area contributed by atoms with Crippen LogP contribution in [0.25, 0.3) is 12.2 Å².